The first-order chi connectivity index (χ1) is 6.90. The van der Waals surface area contributed by atoms with Gasteiger partial charge in [0.05, 0.1) is 6.26 Å². The van der Waals surface area contributed by atoms with Crippen molar-refractivity contribution in [2.75, 3.05) is 6.54 Å². The number of tetrazole rings is 1. The Bertz CT molecular complexity index is 380. The molecular formula is C8H11N5O. The van der Waals surface area contributed by atoms with Crippen LogP contribution in [0.5, 0.6) is 0 Å². The Balaban J connectivity index is 2.12. The molecule has 0 aliphatic rings. The minimum Gasteiger partial charge on any atom is -0.467 e. The van der Waals surface area contributed by atoms with E-state index >= 15 is 0 Å². The first-order valence-corrected chi connectivity index (χ1v) is 4.37. The molecule has 0 amide bonds. The number of hydrogen-bond acceptors (Lipinski definition) is 5. The van der Waals surface area contributed by atoms with Crippen molar-refractivity contribution in [2.45, 2.75) is 13.0 Å². The summed E-state index contributed by atoms with van der Waals surface area (Å²) in [4.78, 5) is 0. The Hall–Kier alpha value is -1.69. The molecule has 2 aromatic heterocycles. The number of furan rings is 1. The van der Waals surface area contributed by atoms with Crippen LogP contribution in [0, 0.1) is 0 Å². The molecule has 2 heterocycles. The molecule has 0 atom stereocenters. The van der Waals surface area contributed by atoms with Crippen LogP contribution in [0.25, 0.3) is 0 Å². The lowest BCUT2D eigenvalue weighted by Crippen LogP contribution is -2.11. The number of nitrogens with zero attached hydrogens (tertiary/aromatic N) is 4. The van der Waals surface area contributed by atoms with Crippen molar-refractivity contribution >= 4 is 0 Å². The van der Waals surface area contributed by atoms with E-state index in [0.29, 0.717) is 19.5 Å². The van der Waals surface area contributed by atoms with Gasteiger partial charge < -0.3 is 10.2 Å². The molecule has 0 unspecified atom stereocenters. The van der Waals surface area contributed by atoms with Gasteiger partial charge in [-0.1, -0.05) is 0 Å². The summed E-state index contributed by atoms with van der Waals surface area (Å²) in [6.07, 6.45) is 2.30. The van der Waals surface area contributed by atoms with Crippen LogP contribution in [0.2, 0.25) is 0 Å². The first kappa shape index (κ1) is 8.89. The average molecular weight is 193 g/mol. The van der Waals surface area contributed by atoms with Crippen LogP contribution in [0.15, 0.2) is 22.8 Å². The van der Waals surface area contributed by atoms with E-state index in [4.69, 9.17) is 10.2 Å². The zero-order chi connectivity index (χ0) is 9.80. The van der Waals surface area contributed by atoms with Gasteiger partial charge in [-0.25, -0.2) is 4.68 Å². The fourth-order valence-corrected chi connectivity index (χ4v) is 1.20. The van der Waals surface area contributed by atoms with Gasteiger partial charge in [-0.2, -0.15) is 0 Å². The standard InChI is InChI=1S/C8H11N5O/c9-4-3-8-10-11-12-13(8)6-7-2-1-5-14-7/h1-2,5H,3-4,6,9H2. The topological polar surface area (TPSA) is 82.8 Å². The second kappa shape index (κ2) is 4.01. The molecule has 0 saturated heterocycles. The van der Waals surface area contributed by atoms with E-state index in [-0.39, 0.29) is 0 Å². The second-order valence-corrected chi connectivity index (χ2v) is 2.87. The van der Waals surface area contributed by atoms with E-state index in [1.54, 1.807) is 10.9 Å². The summed E-state index contributed by atoms with van der Waals surface area (Å²) in [6, 6.07) is 3.72. The lowest BCUT2D eigenvalue weighted by Gasteiger charge is -2.00. The predicted molar refractivity (Wildman–Crippen MR) is 48.4 cm³/mol. The van der Waals surface area contributed by atoms with E-state index in [0.717, 1.165) is 11.6 Å². The van der Waals surface area contributed by atoms with E-state index < -0.39 is 0 Å². The molecule has 0 saturated carbocycles. The molecule has 0 radical (unpaired) electrons. The summed E-state index contributed by atoms with van der Waals surface area (Å²) in [5.74, 6) is 1.61. The van der Waals surface area contributed by atoms with Gasteiger partial charge >= 0.3 is 0 Å². The maximum absolute atomic E-state index is 5.43. The molecule has 74 valence electrons. The number of hydrogen-bond donors (Lipinski definition) is 1. The molecule has 0 fully saturated rings. The highest BCUT2D eigenvalue weighted by atomic mass is 16.3. The predicted octanol–water partition coefficient (Wildman–Crippen LogP) is -0.184. The van der Waals surface area contributed by atoms with E-state index in [9.17, 15) is 0 Å². The third-order valence-corrected chi connectivity index (χ3v) is 1.86. The van der Waals surface area contributed by atoms with Crippen LogP contribution in [-0.2, 0) is 13.0 Å². The average Bonchev–Trinajstić information content (AvgIpc) is 2.80. The highest BCUT2D eigenvalue weighted by Gasteiger charge is 2.06. The third-order valence-electron chi connectivity index (χ3n) is 1.86. The maximum atomic E-state index is 5.43. The van der Waals surface area contributed by atoms with Gasteiger partial charge in [-0.15, -0.1) is 5.10 Å². The van der Waals surface area contributed by atoms with Crippen molar-refractivity contribution in [3.8, 4) is 0 Å². The van der Waals surface area contributed by atoms with Crippen molar-refractivity contribution in [1.82, 2.24) is 20.2 Å². The fraction of sp³-hybridized carbons (Fsp3) is 0.375. The zero-order valence-electron chi connectivity index (χ0n) is 7.63. The molecule has 0 aliphatic carbocycles. The summed E-state index contributed by atoms with van der Waals surface area (Å²) in [7, 11) is 0. The van der Waals surface area contributed by atoms with Crippen molar-refractivity contribution < 1.29 is 4.42 Å². The molecule has 6 heteroatoms. The quantitative estimate of drug-likeness (QED) is 0.728. The maximum Gasteiger partial charge on any atom is 0.153 e. The lowest BCUT2D eigenvalue weighted by molar-refractivity contribution is 0.469. The minimum absolute atomic E-state index is 0.540. The van der Waals surface area contributed by atoms with Crippen molar-refractivity contribution in [3.63, 3.8) is 0 Å². The van der Waals surface area contributed by atoms with Gasteiger partial charge in [0, 0.05) is 6.42 Å². The van der Waals surface area contributed by atoms with Crippen LogP contribution >= 0.6 is 0 Å². The SMILES string of the molecule is NCCc1nnnn1Cc1ccco1. The largest absolute Gasteiger partial charge is 0.467 e. The Morgan fingerprint density at radius 1 is 1.50 bits per heavy atom. The summed E-state index contributed by atoms with van der Waals surface area (Å²) in [6.45, 7) is 1.09. The highest BCUT2D eigenvalue weighted by molar-refractivity contribution is 4.99. The molecule has 0 bridgehead atoms. The third kappa shape index (κ3) is 1.80. The monoisotopic (exact) mass is 193 g/mol. The van der Waals surface area contributed by atoms with Crippen molar-refractivity contribution in [3.05, 3.63) is 30.0 Å². The number of nitrogens with two attached hydrogens (primary N) is 1. The summed E-state index contributed by atoms with van der Waals surface area (Å²) >= 11 is 0. The Morgan fingerprint density at radius 3 is 3.14 bits per heavy atom. The lowest BCUT2D eigenvalue weighted by atomic mass is 10.4. The van der Waals surface area contributed by atoms with Crippen molar-refractivity contribution in [1.29, 1.82) is 0 Å². The molecule has 2 aromatic rings. The smallest absolute Gasteiger partial charge is 0.153 e. The molecule has 0 aliphatic heterocycles. The number of rotatable bonds is 4. The van der Waals surface area contributed by atoms with Crippen LogP contribution in [0.1, 0.15) is 11.6 Å². The first-order valence-electron chi connectivity index (χ1n) is 4.37. The van der Waals surface area contributed by atoms with Crippen LogP contribution in [0.3, 0.4) is 0 Å². The molecular weight excluding hydrogens is 182 g/mol. The van der Waals surface area contributed by atoms with Gasteiger partial charge in [0.1, 0.15) is 12.3 Å². The second-order valence-electron chi connectivity index (χ2n) is 2.87. The number of aromatic nitrogens is 4. The molecule has 2 rings (SSSR count). The molecule has 0 aromatic carbocycles. The summed E-state index contributed by atoms with van der Waals surface area (Å²) < 4.78 is 6.88. The molecule has 14 heavy (non-hydrogen) atoms. The van der Waals surface area contributed by atoms with Gasteiger partial charge in [0.15, 0.2) is 5.82 Å². The summed E-state index contributed by atoms with van der Waals surface area (Å²) in [5.41, 5.74) is 5.43. The summed E-state index contributed by atoms with van der Waals surface area (Å²) in [5, 5.41) is 11.3. The van der Waals surface area contributed by atoms with Crippen LogP contribution < -0.4 is 5.73 Å². The minimum atomic E-state index is 0.540. The normalized spacial score (nSPS) is 10.6. The van der Waals surface area contributed by atoms with E-state index in [2.05, 4.69) is 15.5 Å². The van der Waals surface area contributed by atoms with E-state index in [1.165, 1.54) is 0 Å². The Morgan fingerprint density at radius 2 is 2.43 bits per heavy atom. The highest BCUT2D eigenvalue weighted by Crippen LogP contribution is 2.03. The van der Waals surface area contributed by atoms with E-state index in [1.807, 2.05) is 12.1 Å². The van der Waals surface area contributed by atoms with Crippen LogP contribution in [0.4, 0.5) is 0 Å². The van der Waals surface area contributed by atoms with Crippen molar-refractivity contribution in [2.24, 2.45) is 5.73 Å². The molecule has 0 spiro atoms. The zero-order valence-corrected chi connectivity index (χ0v) is 7.63. The fourth-order valence-electron chi connectivity index (χ4n) is 1.20. The van der Waals surface area contributed by atoms with Gasteiger partial charge in [0.2, 0.25) is 0 Å². The Labute approximate surface area is 80.7 Å². The van der Waals surface area contributed by atoms with Gasteiger partial charge in [0.25, 0.3) is 0 Å². The molecule has 6 nitrogen and oxygen atoms in total. The molecule has 2 N–H and O–H groups in total. The van der Waals surface area contributed by atoms with Gasteiger partial charge in [-0.05, 0) is 29.1 Å². The van der Waals surface area contributed by atoms with Crippen LogP contribution in [-0.4, -0.2) is 26.8 Å². The van der Waals surface area contributed by atoms with Gasteiger partial charge in [-0.3, -0.25) is 0 Å². The Kier molecular flexibility index (Phi) is 2.55.